The average molecular weight is 349 g/mol. The highest BCUT2D eigenvalue weighted by Gasteiger charge is 2.14. The summed E-state index contributed by atoms with van der Waals surface area (Å²) in [6.07, 6.45) is 0.450. The van der Waals surface area contributed by atoms with Gasteiger partial charge >= 0.3 is 0 Å². The van der Waals surface area contributed by atoms with Crippen molar-refractivity contribution in [3.05, 3.63) is 33.3 Å². The minimum Gasteiger partial charge on any atom is -0.383 e. The molecule has 3 nitrogen and oxygen atoms in total. The van der Waals surface area contributed by atoms with E-state index in [1.807, 2.05) is 13.1 Å². The van der Waals surface area contributed by atoms with Gasteiger partial charge in [0.25, 0.3) is 0 Å². The van der Waals surface area contributed by atoms with Gasteiger partial charge < -0.3 is 9.64 Å². The van der Waals surface area contributed by atoms with E-state index >= 15 is 0 Å². The van der Waals surface area contributed by atoms with E-state index in [9.17, 15) is 4.79 Å². The number of nitrogens with zero attached hydrogens (tertiary/aromatic N) is 1. The Labute approximate surface area is 128 Å². The number of ketones is 1. The van der Waals surface area contributed by atoms with E-state index < -0.39 is 0 Å². The lowest BCUT2D eigenvalue weighted by molar-refractivity contribution is 0.0917. The second-order valence-corrected chi connectivity index (χ2v) is 5.91. The molecule has 1 unspecified atom stereocenters. The van der Waals surface area contributed by atoms with Crippen LogP contribution >= 0.6 is 27.5 Å². The SMILES string of the molecule is COCC(C)N(C)CCC(=O)c1ccc(Br)cc1Cl. The lowest BCUT2D eigenvalue weighted by Crippen LogP contribution is -2.34. The van der Waals surface area contributed by atoms with Crippen molar-refractivity contribution in [2.24, 2.45) is 0 Å². The Morgan fingerprint density at radius 1 is 1.53 bits per heavy atom. The monoisotopic (exact) mass is 347 g/mol. The number of carbonyl (C=O) groups is 1. The first-order valence-electron chi connectivity index (χ1n) is 6.13. The van der Waals surface area contributed by atoms with E-state index in [0.717, 1.165) is 4.47 Å². The molecule has 0 fully saturated rings. The van der Waals surface area contributed by atoms with Crippen LogP contribution in [0.3, 0.4) is 0 Å². The zero-order valence-corrected chi connectivity index (χ0v) is 13.8. The van der Waals surface area contributed by atoms with Crippen molar-refractivity contribution in [2.45, 2.75) is 19.4 Å². The molecule has 0 saturated carbocycles. The average Bonchev–Trinajstić information content (AvgIpc) is 2.35. The zero-order chi connectivity index (χ0) is 14.4. The van der Waals surface area contributed by atoms with Gasteiger partial charge in [0.05, 0.1) is 11.6 Å². The minimum atomic E-state index is 0.0639. The summed E-state index contributed by atoms with van der Waals surface area (Å²) in [6.45, 7) is 3.42. The van der Waals surface area contributed by atoms with Crippen LogP contribution in [0.25, 0.3) is 0 Å². The Balaban J connectivity index is 2.56. The van der Waals surface area contributed by atoms with Crippen LogP contribution in [0.1, 0.15) is 23.7 Å². The maximum Gasteiger partial charge on any atom is 0.165 e. The molecule has 1 atom stereocenters. The topological polar surface area (TPSA) is 29.5 Å². The molecule has 0 N–H and O–H groups in total. The van der Waals surface area contributed by atoms with Gasteiger partial charge in [0.2, 0.25) is 0 Å². The first kappa shape index (κ1) is 16.6. The molecule has 0 aliphatic rings. The van der Waals surface area contributed by atoms with Gasteiger partial charge in [-0.2, -0.15) is 0 Å². The standard InChI is InChI=1S/C14H19BrClNO2/c1-10(9-19-3)17(2)7-6-14(18)12-5-4-11(15)8-13(12)16/h4-5,8,10H,6-7,9H2,1-3H3. The van der Waals surface area contributed by atoms with Crippen molar-refractivity contribution in [1.29, 1.82) is 0 Å². The summed E-state index contributed by atoms with van der Waals surface area (Å²) in [5.74, 6) is 0.0639. The Kier molecular flexibility index (Phi) is 7.00. The molecule has 0 aliphatic carbocycles. The predicted molar refractivity (Wildman–Crippen MR) is 82.1 cm³/mol. The lowest BCUT2D eigenvalue weighted by atomic mass is 10.1. The molecule has 0 aliphatic heterocycles. The minimum absolute atomic E-state index is 0.0639. The molecule has 1 rings (SSSR count). The third kappa shape index (κ3) is 5.22. The summed E-state index contributed by atoms with van der Waals surface area (Å²) in [6, 6.07) is 5.62. The van der Waals surface area contributed by atoms with Crippen LogP contribution in [-0.2, 0) is 4.74 Å². The highest BCUT2D eigenvalue weighted by Crippen LogP contribution is 2.22. The van der Waals surface area contributed by atoms with E-state index in [2.05, 4.69) is 27.8 Å². The summed E-state index contributed by atoms with van der Waals surface area (Å²) in [4.78, 5) is 14.2. The van der Waals surface area contributed by atoms with Crippen LogP contribution in [0.5, 0.6) is 0 Å². The number of ether oxygens (including phenoxy) is 1. The highest BCUT2D eigenvalue weighted by atomic mass is 79.9. The van der Waals surface area contributed by atoms with Crippen LogP contribution in [0.4, 0.5) is 0 Å². The van der Waals surface area contributed by atoms with Gasteiger partial charge in [0.1, 0.15) is 0 Å². The van der Waals surface area contributed by atoms with Crippen molar-refractivity contribution < 1.29 is 9.53 Å². The smallest absolute Gasteiger partial charge is 0.165 e. The molecule has 106 valence electrons. The number of benzene rings is 1. The Bertz CT molecular complexity index is 439. The van der Waals surface area contributed by atoms with Gasteiger partial charge in [-0.25, -0.2) is 0 Å². The summed E-state index contributed by atoms with van der Waals surface area (Å²) in [5, 5.41) is 0.493. The molecule has 0 heterocycles. The lowest BCUT2D eigenvalue weighted by Gasteiger charge is -2.23. The van der Waals surface area contributed by atoms with Gasteiger partial charge in [-0.3, -0.25) is 4.79 Å². The molecule has 1 aromatic rings. The number of carbonyl (C=O) groups excluding carboxylic acids is 1. The number of likely N-dealkylation sites (N-methyl/N-ethyl adjacent to an activating group) is 1. The first-order chi connectivity index (χ1) is 8.95. The Morgan fingerprint density at radius 3 is 2.79 bits per heavy atom. The third-order valence-electron chi connectivity index (χ3n) is 3.08. The van der Waals surface area contributed by atoms with Crippen LogP contribution in [0, 0.1) is 0 Å². The maximum absolute atomic E-state index is 12.1. The molecule has 0 spiro atoms. The van der Waals surface area contributed by atoms with Crippen molar-refractivity contribution in [3.63, 3.8) is 0 Å². The summed E-state index contributed by atoms with van der Waals surface area (Å²) in [5.41, 5.74) is 0.581. The fourth-order valence-electron chi connectivity index (χ4n) is 1.72. The van der Waals surface area contributed by atoms with Gasteiger partial charge in [-0.1, -0.05) is 27.5 Å². The molecule has 0 bridgehead atoms. The molecule has 5 heteroatoms. The normalized spacial score (nSPS) is 12.7. The molecular weight excluding hydrogens is 330 g/mol. The van der Waals surface area contributed by atoms with Crippen molar-refractivity contribution in [2.75, 3.05) is 27.3 Å². The molecule has 0 aromatic heterocycles. The van der Waals surface area contributed by atoms with Crippen molar-refractivity contribution in [3.8, 4) is 0 Å². The fraction of sp³-hybridized carbons (Fsp3) is 0.500. The van der Waals surface area contributed by atoms with Gasteiger partial charge in [-0.05, 0) is 32.2 Å². The van der Waals surface area contributed by atoms with Crippen molar-refractivity contribution in [1.82, 2.24) is 4.90 Å². The van der Waals surface area contributed by atoms with E-state index in [0.29, 0.717) is 30.2 Å². The maximum atomic E-state index is 12.1. The fourth-order valence-corrected chi connectivity index (χ4v) is 2.50. The second kappa shape index (κ2) is 8.00. The molecular formula is C14H19BrClNO2. The zero-order valence-electron chi connectivity index (χ0n) is 11.5. The van der Waals surface area contributed by atoms with Gasteiger partial charge in [0.15, 0.2) is 5.78 Å². The van der Waals surface area contributed by atoms with E-state index in [1.165, 1.54) is 0 Å². The van der Waals surface area contributed by atoms with Crippen molar-refractivity contribution >= 4 is 33.3 Å². The Morgan fingerprint density at radius 2 is 2.21 bits per heavy atom. The summed E-state index contributed by atoms with van der Waals surface area (Å²) >= 11 is 9.39. The van der Waals surface area contributed by atoms with Crippen LogP contribution in [0.15, 0.2) is 22.7 Å². The number of hydrogen-bond donors (Lipinski definition) is 0. The third-order valence-corrected chi connectivity index (χ3v) is 3.89. The van der Waals surface area contributed by atoms with Crippen LogP contribution < -0.4 is 0 Å². The van der Waals surface area contributed by atoms with E-state index in [1.54, 1.807) is 19.2 Å². The van der Waals surface area contributed by atoms with Crippen LogP contribution in [0.2, 0.25) is 5.02 Å². The molecule has 1 aromatic carbocycles. The van der Waals surface area contributed by atoms with Crippen LogP contribution in [-0.4, -0.2) is 44.0 Å². The molecule has 0 amide bonds. The van der Waals surface area contributed by atoms with E-state index in [-0.39, 0.29) is 11.8 Å². The van der Waals surface area contributed by atoms with E-state index in [4.69, 9.17) is 16.3 Å². The first-order valence-corrected chi connectivity index (χ1v) is 7.30. The predicted octanol–water partition coefficient (Wildman–Crippen LogP) is 3.64. The highest BCUT2D eigenvalue weighted by molar-refractivity contribution is 9.10. The quantitative estimate of drug-likeness (QED) is 0.705. The summed E-state index contributed by atoms with van der Waals surface area (Å²) in [7, 11) is 3.66. The Hall–Kier alpha value is -0.420. The molecule has 0 radical (unpaired) electrons. The number of hydrogen-bond acceptors (Lipinski definition) is 3. The molecule has 0 saturated heterocycles. The molecule has 19 heavy (non-hydrogen) atoms. The van der Waals surface area contributed by atoms with Gasteiger partial charge in [0, 0.05) is 36.2 Å². The summed E-state index contributed by atoms with van der Waals surface area (Å²) < 4.78 is 5.97. The number of Topliss-reactive ketones (excluding diaryl/α,β-unsaturated/α-hetero) is 1. The second-order valence-electron chi connectivity index (χ2n) is 4.58. The largest absolute Gasteiger partial charge is 0.383 e. The van der Waals surface area contributed by atoms with Gasteiger partial charge in [-0.15, -0.1) is 0 Å². The number of rotatable bonds is 7. The number of methoxy groups -OCH3 is 1. The number of halogens is 2.